The summed E-state index contributed by atoms with van der Waals surface area (Å²) in [6.45, 7) is 5.98. The summed E-state index contributed by atoms with van der Waals surface area (Å²) in [6, 6.07) is 11.0. The third kappa shape index (κ3) is 5.72. The van der Waals surface area contributed by atoms with Gasteiger partial charge in [0.1, 0.15) is 11.6 Å². The summed E-state index contributed by atoms with van der Waals surface area (Å²) in [6.07, 6.45) is 10.8. The number of rotatable bonds is 2. The summed E-state index contributed by atoms with van der Waals surface area (Å²) < 4.78 is 25.6. The van der Waals surface area contributed by atoms with E-state index in [-0.39, 0.29) is 41.5 Å². The number of phenols is 1. The molecule has 3 heterocycles. The lowest BCUT2D eigenvalue weighted by Crippen LogP contribution is -2.45. The van der Waals surface area contributed by atoms with Crippen molar-refractivity contribution in [1.29, 1.82) is 0 Å². The average molecular weight is 629 g/mol. The van der Waals surface area contributed by atoms with E-state index in [9.17, 15) is 19.4 Å². The van der Waals surface area contributed by atoms with Crippen LogP contribution in [0.3, 0.4) is 0 Å². The number of aliphatic hydroxyl groups excluding tert-OH is 1. The maximum absolute atomic E-state index is 13.3. The minimum atomic E-state index is -0.382. The predicted octanol–water partition coefficient (Wildman–Crippen LogP) is 6.58. The largest absolute Gasteiger partial charge is 0.508 e. The van der Waals surface area contributed by atoms with Crippen molar-refractivity contribution < 1.29 is 23.8 Å². The molecule has 0 radical (unpaired) electrons. The Morgan fingerprint density at radius 2 is 1.70 bits per heavy atom. The molecule has 240 valence electrons. The third-order valence-corrected chi connectivity index (χ3v) is 11.8. The number of aryl methyl sites for hydroxylation is 1. The van der Waals surface area contributed by atoms with Gasteiger partial charge in [0.25, 0.3) is 0 Å². The number of ether oxygens (including phenoxy) is 1. The van der Waals surface area contributed by atoms with Crippen LogP contribution in [-0.4, -0.2) is 58.1 Å². The molecule has 2 aliphatic heterocycles. The number of oxazole rings is 1. The van der Waals surface area contributed by atoms with Gasteiger partial charge >= 0.3 is 5.76 Å². The Bertz CT molecular complexity index is 1510. The van der Waals surface area contributed by atoms with Gasteiger partial charge in [0.05, 0.1) is 11.6 Å². The molecule has 4 fully saturated rings. The predicted molar refractivity (Wildman–Crippen MR) is 170 cm³/mol. The normalized spacial score (nSPS) is 30.9. The van der Waals surface area contributed by atoms with Gasteiger partial charge in [-0.3, -0.25) is 4.57 Å². The van der Waals surface area contributed by atoms with Crippen molar-refractivity contribution in [3.05, 3.63) is 63.9 Å². The molecule has 2 aromatic carbocycles. The molecule has 8 rings (SSSR count). The van der Waals surface area contributed by atoms with Crippen molar-refractivity contribution >= 4 is 23.5 Å². The van der Waals surface area contributed by atoms with Crippen molar-refractivity contribution in [1.82, 2.24) is 9.47 Å². The van der Waals surface area contributed by atoms with E-state index in [1.165, 1.54) is 42.5 Å². The molecule has 3 aliphatic carbocycles. The van der Waals surface area contributed by atoms with E-state index < -0.39 is 0 Å². The highest BCUT2D eigenvalue weighted by atomic mass is 35.5. The van der Waals surface area contributed by atoms with Gasteiger partial charge in [-0.25, -0.2) is 9.18 Å². The Balaban J connectivity index is 0.000000154. The highest BCUT2D eigenvalue weighted by molar-refractivity contribution is 5.85. The van der Waals surface area contributed by atoms with Crippen LogP contribution in [0.15, 0.2) is 45.6 Å². The van der Waals surface area contributed by atoms with E-state index in [1.807, 2.05) is 12.1 Å². The molecule has 44 heavy (non-hydrogen) atoms. The zero-order valence-corrected chi connectivity index (χ0v) is 26.4. The number of aromatic nitrogens is 1. The first-order chi connectivity index (χ1) is 20.8. The third-order valence-electron chi connectivity index (χ3n) is 11.8. The van der Waals surface area contributed by atoms with Gasteiger partial charge in [0.15, 0.2) is 5.58 Å². The Morgan fingerprint density at radius 3 is 2.48 bits per heavy atom. The molecular weight excluding hydrogens is 583 g/mol. The number of hydrogen-bond donors (Lipinski definition) is 2. The second-order valence-corrected chi connectivity index (χ2v) is 13.9. The molecule has 2 saturated heterocycles. The van der Waals surface area contributed by atoms with Gasteiger partial charge in [0.2, 0.25) is 0 Å². The number of benzene rings is 2. The van der Waals surface area contributed by atoms with Crippen LogP contribution in [0.25, 0.3) is 11.1 Å². The van der Waals surface area contributed by atoms with Gasteiger partial charge in [-0.1, -0.05) is 13.0 Å². The summed E-state index contributed by atoms with van der Waals surface area (Å²) >= 11 is 0. The Kier molecular flexibility index (Phi) is 9.17. The van der Waals surface area contributed by atoms with Gasteiger partial charge in [0, 0.05) is 44.5 Å². The molecular formula is C35H46ClFN2O5. The number of hydrogen-bond acceptors (Lipinski definition) is 6. The first-order valence-corrected chi connectivity index (χ1v) is 16.4. The monoisotopic (exact) mass is 628 g/mol. The molecule has 0 spiro atoms. The smallest absolute Gasteiger partial charge is 0.420 e. The molecule has 5 atom stereocenters. The molecule has 9 heteroatoms. The molecule has 2 saturated carbocycles. The summed E-state index contributed by atoms with van der Waals surface area (Å²) in [5, 5.41) is 20.0. The van der Waals surface area contributed by atoms with Crippen molar-refractivity contribution in [3.8, 4) is 5.75 Å². The fourth-order valence-electron chi connectivity index (χ4n) is 9.46. The highest BCUT2D eigenvalue weighted by Crippen LogP contribution is 2.60. The van der Waals surface area contributed by atoms with Crippen LogP contribution in [0, 0.1) is 23.1 Å². The quantitative estimate of drug-likeness (QED) is 0.333. The van der Waals surface area contributed by atoms with Gasteiger partial charge in [-0.2, -0.15) is 0 Å². The summed E-state index contributed by atoms with van der Waals surface area (Å²) in [4.78, 5) is 14.7. The summed E-state index contributed by atoms with van der Waals surface area (Å²) in [5.74, 6) is 1.73. The fraction of sp³-hybridized carbons (Fsp3) is 0.629. The average Bonchev–Trinajstić information content (AvgIpc) is 3.51. The van der Waals surface area contributed by atoms with Crippen LogP contribution in [0.4, 0.5) is 4.39 Å². The number of fused-ring (bicyclic) bond motifs is 6. The van der Waals surface area contributed by atoms with Crippen LogP contribution >= 0.6 is 12.4 Å². The van der Waals surface area contributed by atoms with Gasteiger partial charge < -0.3 is 24.3 Å². The van der Waals surface area contributed by atoms with E-state index in [0.717, 1.165) is 77.2 Å². The number of nitrogens with zero attached hydrogens (tertiary/aromatic N) is 2. The van der Waals surface area contributed by atoms with Crippen molar-refractivity contribution in [2.75, 3.05) is 26.3 Å². The maximum Gasteiger partial charge on any atom is 0.420 e. The Labute approximate surface area is 264 Å². The van der Waals surface area contributed by atoms with Crippen molar-refractivity contribution in [2.45, 2.75) is 95.2 Å². The maximum atomic E-state index is 13.3. The van der Waals surface area contributed by atoms with E-state index in [4.69, 9.17) is 9.15 Å². The summed E-state index contributed by atoms with van der Waals surface area (Å²) in [5.41, 5.74) is 4.02. The number of aromatic hydroxyl groups is 1. The molecule has 3 aromatic rings. The molecule has 0 bridgehead atoms. The Morgan fingerprint density at radius 1 is 0.932 bits per heavy atom. The van der Waals surface area contributed by atoms with Crippen LogP contribution < -0.4 is 5.76 Å². The minimum absolute atomic E-state index is 0. The van der Waals surface area contributed by atoms with Crippen LogP contribution in [0.5, 0.6) is 5.75 Å². The first-order valence-electron chi connectivity index (χ1n) is 16.4. The SMILES string of the molecule is C[C@]12CC[C@@H]3c4ccc(O)cc4CC[C@H]3[C@@H]1CC[C@@H]2O.Cl.O=c1oc2cc(F)ccc2n1C1CCN(C2CCOCC2)CC1. The molecule has 7 nitrogen and oxygen atoms in total. The summed E-state index contributed by atoms with van der Waals surface area (Å²) in [7, 11) is 0. The van der Waals surface area contributed by atoms with Crippen LogP contribution in [0.2, 0.25) is 0 Å². The number of aliphatic hydroxyl groups is 1. The second-order valence-electron chi connectivity index (χ2n) is 13.9. The Hall–Kier alpha value is -2.39. The lowest BCUT2D eigenvalue weighted by atomic mass is 9.55. The molecule has 5 aliphatic rings. The van der Waals surface area contributed by atoms with E-state index in [1.54, 1.807) is 10.6 Å². The second kappa shape index (κ2) is 12.8. The topological polar surface area (TPSA) is 88.1 Å². The number of phenolic OH excluding ortho intramolecular Hbond substituents is 1. The standard InChI is InChI=1S/C18H24O2.C17H21FN2O3.ClH/c1-18-9-8-14-13-5-3-12(19)10-11(13)2-4-15(14)16(18)6-7-17(18)20;18-12-1-2-15-16(11-12)23-17(21)20(15)14-3-7-19(8-4-14)13-5-9-22-10-6-13;/h3,5,10,14-17,19-20H,2,4,6-9H2,1H3;1-2,11,13-14H,3-10H2;1H/t14-,15-,16+,17+,18+;;/m1../s1. The zero-order valence-electron chi connectivity index (χ0n) is 25.6. The highest BCUT2D eigenvalue weighted by Gasteiger charge is 2.54. The number of likely N-dealkylation sites (tertiary alicyclic amines) is 1. The van der Waals surface area contributed by atoms with Crippen LogP contribution in [-0.2, 0) is 11.2 Å². The molecule has 0 amide bonds. The van der Waals surface area contributed by atoms with E-state index in [0.29, 0.717) is 34.7 Å². The van der Waals surface area contributed by atoms with Gasteiger partial charge in [-0.05, 0) is 123 Å². The number of halogens is 2. The number of piperidine rings is 1. The van der Waals surface area contributed by atoms with E-state index in [2.05, 4.69) is 17.9 Å². The van der Waals surface area contributed by atoms with Crippen molar-refractivity contribution in [3.63, 3.8) is 0 Å². The first kappa shape index (κ1) is 31.6. The molecule has 1 aromatic heterocycles. The minimum Gasteiger partial charge on any atom is -0.508 e. The van der Waals surface area contributed by atoms with Gasteiger partial charge in [-0.15, -0.1) is 12.4 Å². The lowest BCUT2D eigenvalue weighted by molar-refractivity contribution is -0.0226. The molecule has 0 unspecified atom stereocenters. The fourth-order valence-corrected chi connectivity index (χ4v) is 9.46. The van der Waals surface area contributed by atoms with E-state index >= 15 is 0 Å². The zero-order chi connectivity index (χ0) is 29.7. The van der Waals surface area contributed by atoms with Crippen molar-refractivity contribution in [2.24, 2.45) is 17.3 Å². The lowest BCUT2D eigenvalue weighted by Gasteiger charge is -2.50. The molecule has 2 N–H and O–H groups in total. The van der Waals surface area contributed by atoms with Crippen LogP contribution in [0.1, 0.15) is 87.8 Å².